The minimum atomic E-state index is -0.297. The van der Waals surface area contributed by atoms with Crippen LogP contribution in [0.3, 0.4) is 0 Å². The molecule has 2 aromatic rings. The van der Waals surface area contributed by atoms with E-state index in [2.05, 4.69) is 43.4 Å². The van der Waals surface area contributed by atoms with Gasteiger partial charge in [0, 0.05) is 22.5 Å². The van der Waals surface area contributed by atoms with Crippen LogP contribution in [0.2, 0.25) is 0 Å². The highest BCUT2D eigenvalue weighted by Crippen LogP contribution is 2.46. The number of hydrogen-bond acceptors (Lipinski definition) is 5. The second-order valence-corrected chi connectivity index (χ2v) is 11.4. The van der Waals surface area contributed by atoms with Gasteiger partial charge in [-0.3, -0.25) is 20.7 Å². The zero-order valence-corrected chi connectivity index (χ0v) is 21.0. The van der Waals surface area contributed by atoms with E-state index >= 15 is 0 Å². The standard InChI is InChI=1S/C27H35N5S/c1-16-18(3)33-26-23(16)24(31-17(2)25(29)32(26)19(4)28)22-7-5-20(6-8-22)21-9-11-27(12-10-21)13-14-30-15-27/h5-8,17,21,28-30H,9-15H2,1-4H3/t17-,21?,27?/m0/s1. The minimum absolute atomic E-state index is 0.297. The highest BCUT2D eigenvalue weighted by molar-refractivity contribution is 7.17. The first-order chi connectivity index (χ1) is 15.8. The van der Waals surface area contributed by atoms with Crippen LogP contribution in [-0.2, 0) is 0 Å². The number of hydrogen-bond donors (Lipinski definition) is 3. The summed E-state index contributed by atoms with van der Waals surface area (Å²) < 4.78 is 0. The van der Waals surface area contributed by atoms with Gasteiger partial charge in [-0.2, -0.15) is 0 Å². The first-order valence-electron chi connectivity index (χ1n) is 12.2. The van der Waals surface area contributed by atoms with E-state index in [0.29, 0.717) is 23.0 Å². The summed E-state index contributed by atoms with van der Waals surface area (Å²) in [5.41, 5.74) is 6.37. The number of nitrogens with one attached hydrogen (secondary N) is 3. The Labute approximate surface area is 201 Å². The molecule has 0 unspecified atom stereocenters. The molecule has 6 heteroatoms. The van der Waals surface area contributed by atoms with Crippen LogP contribution < -0.4 is 10.2 Å². The molecule has 33 heavy (non-hydrogen) atoms. The predicted molar refractivity (Wildman–Crippen MR) is 140 cm³/mol. The lowest BCUT2D eigenvalue weighted by atomic mass is 9.68. The van der Waals surface area contributed by atoms with Crippen molar-refractivity contribution in [2.24, 2.45) is 10.4 Å². The third-order valence-corrected chi connectivity index (χ3v) is 9.33. The lowest BCUT2D eigenvalue weighted by Crippen LogP contribution is -2.38. The molecule has 1 aromatic carbocycles. The molecule has 5 rings (SSSR count). The van der Waals surface area contributed by atoms with Crippen molar-refractivity contribution in [1.29, 1.82) is 10.8 Å². The van der Waals surface area contributed by atoms with Gasteiger partial charge in [-0.15, -0.1) is 11.3 Å². The summed E-state index contributed by atoms with van der Waals surface area (Å²) in [6.45, 7) is 10.4. The summed E-state index contributed by atoms with van der Waals surface area (Å²) in [4.78, 5) is 8.01. The van der Waals surface area contributed by atoms with Gasteiger partial charge in [-0.25, -0.2) is 0 Å². The Hall–Kier alpha value is -2.31. The normalized spacial score (nSPS) is 27.5. The molecule has 1 saturated heterocycles. The number of rotatable bonds is 2. The zero-order chi connectivity index (χ0) is 23.3. The molecule has 1 saturated carbocycles. The molecule has 3 N–H and O–H groups in total. The second kappa shape index (κ2) is 8.48. The van der Waals surface area contributed by atoms with Gasteiger partial charge >= 0.3 is 0 Å². The van der Waals surface area contributed by atoms with Gasteiger partial charge in [-0.1, -0.05) is 24.3 Å². The molecule has 0 amide bonds. The molecule has 3 aliphatic rings. The maximum Gasteiger partial charge on any atom is 0.132 e. The van der Waals surface area contributed by atoms with Crippen molar-refractivity contribution >= 4 is 33.7 Å². The number of fused-ring (bicyclic) bond motifs is 1. The van der Waals surface area contributed by atoms with Gasteiger partial charge in [0.1, 0.15) is 22.7 Å². The van der Waals surface area contributed by atoms with Gasteiger partial charge < -0.3 is 5.32 Å². The second-order valence-electron chi connectivity index (χ2n) is 10.2. The van der Waals surface area contributed by atoms with Crippen LogP contribution >= 0.6 is 11.3 Å². The van der Waals surface area contributed by atoms with Gasteiger partial charge in [0.2, 0.25) is 0 Å². The van der Waals surface area contributed by atoms with E-state index < -0.39 is 0 Å². The molecule has 5 nitrogen and oxygen atoms in total. The van der Waals surface area contributed by atoms with Crippen LogP contribution in [0.4, 0.5) is 5.00 Å². The van der Waals surface area contributed by atoms with Crippen LogP contribution in [0.1, 0.15) is 79.0 Å². The summed E-state index contributed by atoms with van der Waals surface area (Å²) in [6, 6.07) is 8.78. The fourth-order valence-electron chi connectivity index (χ4n) is 5.91. The maximum atomic E-state index is 8.70. The van der Waals surface area contributed by atoms with Gasteiger partial charge in [-0.05, 0) is 88.8 Å². The Kier molecular flexibility index (Phi) is 5.78. The fourth-order valence-corrected chi connectivity index (χ4v) is 7.14. The summed E-state index contributed by atoms with van der Waals surface area (Å²) >= 11 is 1.66. The first kappa shape index (κ1) is 22.5. The predicted octanol–water partition coefficient (Wildman–Crippen LogP) is 6.02. The van der Waals surface area contributed by atoms with Gasteiger partial charge in [0.15, 0.2) is 0 Å². The molecule has 0 bridgehead atoms. The first-order valence-corrected chi connectivity index (χ1v) is 13.0. The molecule has 1 atom stereocenters. The van der Waals surface area contributed by atoms with Crippen molar-refractivity contribution in [3.63, 3.8) is 0 Å². The number of anilines is 1. The van der Waals surface area contributed by atoms with Crippen LogP contribution in [0.15, 0.2) is 29.3 Å². The Morgan fingerprint density at radius 3 is 2.45 bits per heavy atom. The lowest BCUT2D eigenvalue weighted by Gasteiger charge is -2.37. The molecule has 1 aromatic heterocycles. The van der Waals surface area contributed by atoms with Crippen molar-refractivity contribution in [2.45, 2.75) is 71.8 Å². The molecule has 1 spiro atoms. The zero-order valence-electron chi connectivity index (χ0n) is 20.2. The summed E-state index contributed by atoms with van der Waals surface area (Å²) in [7, 11) is 0. The summed E-state index contributed by atoms with van der Waals surface area (Å²) in [5.74, 6) is 1.40. The minimum Gasteiger partial charge on any atom is -0.316 e. The Morgan fingerprint density at radius 2 is 1.85 bits per heavy atom. The average Bonchev–Trinajstić information content (AvgIpc) is 3.34. The van der Waals surface area contributed by atoms with E-state index in [1.54, 1.807) is 23.2 Å². The number of aryl methyl sites for hydroxylation is 1. The number of thiophene rings is 1. The third-order valence-electron chi connectivity index (χ3n) is 8.14. The van der Waals surface area contributed by atoms with Crippen molar-refractivity contribution in [3.05, 3.63) is 51.4 Å². The van der Waals surface area contributed by atoms with Crippen LogP contribution in [0, 0.1) is 30.1 Å². The molecule has 3 heterocycles. The average molecular weight is 462 g/mol. The van der Waals surface area contributed by atoms with Crippen molar-refractivity contribution in [1.82, 2.24) is 5.32 Å². The maximum absolute atomic E-state index is 8.70. The molecule has 1 aliphatic carbocycles. The van der Waals surface area contributed by atoms with Crippen LogP contribution in [0.5, 0.6) is 0 Å². The van der Waals surface area contributed by atoms with E-state index in [-0.39, 0.29) is 6.04 Å². The van der Waals surface area contributed by atoms with E-state index in [9.17, 15) is 0 Å². The Bertz CT molecular complexity index is 1110. The molecular formula is C27H35N5S. The smallest absolute Gasteiger partial charge is 0.132 e. The number of benzene rings is 1. The third kappa shape index (κ3) is 3.87. The molecule has 0 radical (unpaired) electrons. The van der Waals surface area contributed by atoms with E-state index in [4.69, 9.17) is 15.8 Å². The van der Waals surface area contributed by atoms with Crippen LogP contribution in [-0.4, -0.2) is 36.5 Å². The molecule has 2 aliphatic heterocycles. The lowest BCUT2D eigenvalue weighted by molar-refractivity contribution is 0.199. The largest absolute Gasteiger partial charge is 0.316 e. The Balaban J connectivity index is 1.46. The van der Waals surface area contributed by atoms with Crippen molar-refractivity contribution < 1.29 is 0 Å². The Morgan fingerprint density at radius 1 is 1.15 bits per heavy atom. The van der Waals surface area contributed by atoms with E-state index in [1.807, 2.05) is 6.92 Å². The highest BCUT2D eigenvalue weighted by Gasteiger charge is 2.38. The SMILES string of the molecule is CC(=N)N1C(=N)[C@H](C)N=C(c2ccc(C3CCC4(CCNC4)CC3)cc2)c2c1sc(C)c2C. The molecule has 2 fully saturated rings. The fraction of sp³-hybridized carbons (Fsp3) is 0.519. The van der Waals surface area contributed by atoms with Gasteiger partial charge in [0.05, 0.1) is 5.71 Å². The number of aliphatic imine (C=N–C) groups is 1. The topological polar surface area (TPSA) is 75.3 Å². The van der Waals surface area contributed by atoms with Crippen molar-refractivity contribution in [3.8, 4) is 0 Å². The number of amidine groups is 2. The van der Waals surface area contributed by atoms with Crippen molar-refractivity contribution in [2.75, 3.05) is 18.0 Å². The number of nitrogens with zero attached hydrogens (tertiary/aromatic N) is 2. The monoisotopic (exact) mass is 461 g/mol. The van der Waals surface area contributed by atoms with E-state index in [0.717, 1.165) is 21.8 Å². The van der Waals surface area contributed by atoms with Crippen LogP contribution in [0.25, 0.3) is 0 Å². The summed E-state index contributed by atoms with van der Waals surface area (Å²) in [5, 5.41) is 21.6. The highest BCUT2D eigenvalue weighted by atomic mass is 32.1. The molecule has 174 valence electrons. The van der Waals surface area contributed by atoms with E-state index in [1.165, 1.54) is 61.2 Å². The molecular weight excluding hydrogens is 426 g/mol. The quantitative estimate of drug-likeness (QED) is 0.378. The van der Waals surface area contributed by atoms with Gasteiger partial charge in [0.25, 0.3) is 0 Å². The summed E-state index contributed by atoms with van der Waals surface area (Å²) in [6.07, 6.45) is 6.61.